The molecule has 4 atom stereocenters. The molecule has 11 heteroatoms. The zero-order valence-corrected chi connectivity index (χ0v) is 26.7. The highest BCUT2D eigenvalue weighted by atomic mass is 127. The largest absolute Gasteiger partial charge is 0.408 e. The van der Waals surface area contributed by atoms with Crippen LogP contribution in [-0.4, -0.2) is 54.5 Å². The molecule has 3 heterocycles. The van der Waals surface area contributed by atoms with E-state index >= 15 is 0 Å². The van der Waals surface area contributed by atoms with Gasteiger partial charge in [-0.25, -0.2) is 15.0 Å². The molecule has 0 radical (unpaired) electrons. The lowest BCUT2D eigenvalue weighted by Gasteiger charge is -2.44. The molecule has 1 aliphatic rings. The Morgan fingerprint density at radius 2 is 1.53 bits per heavy atom. The summed E-state index contributed by atoms with van der Waals surface area (Å²) in [6.45, 7) is 24.9. The molecular weight excluding hydrogens is 577 g/mol. The molecule has 0 aliphatic carbocycles. The number of ether oxygens (including phenoxy) is 1. The molecule has 0 saturated carbocycles. The molecule has 2 N–H and O–H groups in total. The zero-order chi connectivity index (χ0) is 25.9. The number of fused-ring (bicyclic) bond motifs is 1. The van der Waals surface area contributed by atoms with Crippen molar-refractivity contribution in [1.82, 2.24) is 19.5 Å². The van der Waals surface area contributed by atoms with E-state index in [-0.39, 0.29) is 28.4 Å². The molecule has 1 fully saturated rings. The monoisotopic (exact) mass is 619 g/mol. The molecule has 1 aliphatic heterocycles. The van der Waals surface area contributed by atoms with Crippen molar-refractivity contribution in [2.24, 2.45) is 0 Å². The van der Waals surface area contributed by atoms with Gasteiger partial charge in [0.2, 0.25) is 0 Å². The summed E-state index contributed by atoms with van der Waals surface area (Å²) >= 11 is 2.08. The Morgan fingerprint density at radius 3 is 2.03 bits per heavy atom. The fourth-order valence-corrected chi connectivity index (χ4v) is 6.75. The first-order valence-electron chi connectivity index (χ1n) is 12.1. The highest BCUT2D eigenvalue weighted by Crippen LogP contribution is 2.46. The van der Waals surface area contributed by atoms with Crippen molar-refractivity contribution in [2.75, 3.05) is 5.73 Å². The van der Waals surface area contributed by atoms with Gasteiger partial charge in [-0.1, -0.05) is 48.5 Å². The molecule has 2 aromatic heterocycles. The highest BCUT2D eigenvalue weighted by molar-refractivity contribution is 14.1. The van der Waals surface area contributed by atoms with Gasteiger partial charge >= 0.3 is 0 Å². The number of nitrogen functional groups attached to an aromatic ring is 1. The van der Waals surface area contributed by atoms with Crippen LogP contribution in [0.15, 0.2) is 6.33 Å². The number of aromatic nitrogens is 4. The number of nitrogens with two attached hydrogens (primary N) is 1. The van der Waals surface area contributed by atoms with E-state index in [4.69, 9.17) is 19.3 Å². The van der Waals surface area contributed by atoms with E-state index in [2.05, 4.69) is 112 Å². The minimum atomic E-state index is -2.16. The molecular formula is C23H42IN5O3Si2. The lowest BCUT2D eigenvalue weighted by molar-refractivity contribution is -0.0324. The predicted octanol–water partition coefficient (Wildman–Crippen LogP) is 6.10. The summed E-state index contributed by atoms with van der Waals surface area (Å²) in [5.74, 6) is 0.370. The molecule has 192 valence electrons. The van der Waals surface area contributed by atoms with Crippen LogP contribution in [0.25, 0.3) is 11.2 Å². The average Bonchev–Trinajstić information content (AvgIpc) is 3.21. The van der Waals surface area contributed by atoms with Crippen LogP contribution >= 0.6 is 22.6 Å². The molecule has 0 aromatic carbocycles. The summed E-state index contributed by atoms with van der Waals surface area (Å²) < 4.78 is 23.4. The van der Waals surface area contributed by atoms with Crippen molar-refractivity contribution < 1.29 is 13.6 Å². The summed E-state index contributed by atoms with van der Waals surface area (Å²) in [4.78, 5) is 13.4. The Bertz CT molecular complexity index is 1030. The molecule has 1 unspecified atom stereocenters. The maximum atomic E-state index is 7.10. The Labute approximate surface area is 220 Å². The van der Waals surface area contributed by atoms with Crippen LogP contribution in [-0.2, 0) is 13.6 Å². The second-order valence-corrected chi connectivity index (χ2v) is 22.8. The maximum absolute atomic E-state index is 7.10. The Kier molecular flexibility index (Phi) is 7.70. The molecule has 2 aromatic rings. The Hall–Kier alpha value is -0.606. The standard InChI is InChI=1S/C23H42IN5O3Si2/c1-12-14-16(31-33(8,9)22(2,3)4)17(32-34(10,11)23(5,6)7)20(30-14)29-13-26-15-18(25)27-21(24)28-19(15)29/h13-14,16-17,20H,12H2,1-11H3,(H2,25,27,28)/t14-,16-,17-,20?/m1/s1. The van der Waals surface area contributed by atoms with Gasteiger partial charge in [0.25, 0.3) is 0 Å². The van der Waals surface area contributed by atoms with Gasteiger partial charge < -0.3 is 19.3 Å². The van der Waals surface area contributed by atoms with E-state index in [9.17, 15) is 0 Å². The van der Waals surface area contributed by atoms with Crippen molar-refractivity contribution in [1.29, 1.82) is 0 Å². The van der Waals surface area contributed by atoms with Crippen molar-refractivity contribution in [3.05, 3.63) is 10.2 Å². The molecule has 3 rings (SSSR count). The molecule has 34 heavy (non-hydrogen) atoms. The average molecular weight is 620 g/mol. The third-order valence-corrected chi connectivity index (χ3v) is 17.3. The zero-order valence-electron chi connectivity index (χ0n) is 22.6. The van der Waals surface area contributed by atoms with E-state index in [0.717, 1.165) is 6.42 Å². The third kappa shape index (κ3) is 5.24. The second-order valence-electron chi connectivity index (χ2n) is 12.4. The molecule has 0 amide bonds. The minimum Gasteiger partial charge on any atom is -0.408 e. The molecule has 0 bridgehead atoms. The van der Waals surface area contributed by atoms with Gasteiger partial charge in [-0.3, -0.25) is 4.57 Å². The van der Waals surface area contributed by atoms with Crippen LogP contribution in [0.3, 0.4) is 0 Å². The van der Waals surface area contributed by atoms with Crippen molar-refractivity contribution in [2.45, 2.75) is 116 Å². The topological polar surface area (TPSA) is 97.3 Å². The first-order valence-corrected chi connectivity index (χ1v) is 19.0. The van der Waals surface area contributed by atoms with Crippen molar-refractivity contribution >= 4 is 56.2 Å². The second kappa shape index (κ2) is 9.36. The van der Waals surface area contributed by atoms with Crippen molar-refractivity contribution in [3.8, 4) is 0 Å². The van der Waals surface area contributed by atoms with Gasteiger partial charge in [0.15, 0.2) is 38.2 Å². The smallest absolute Gasteiger partial charge is 0.194 e. The fraction of sp³-hybridized carbons (Fsp3) is 0.783. The fourth-order valence-electron chi connectivity index (χ4n) is 3.66. The number of nitrogens with zero attached hydrogens (tertiary/aromatic N) is 4. The molecule has 1 saturated heterocycles. The SMILES string of the molecule is CC[C@H]1OC(n2cnc3c(N)nc(I)nc32)[C@H](O[Si](C)(C)C(C)(C)C)[C@@H]1O[Si](C)(C)C(C)(C)C. The first-order chi connectivity index (χ1) is 15.4. The summed E-state index contributed by atoms with van der Waals surface area (Å²) in [5, 5.41) is 0.118. The number of anilines is 1. The van der Waals surface area contributed by atoms with Gasteiger partial charge in [-0.2, -0.15) is 0 Å². The Balaban J connectivity index is 2.13. The lowest BCUT2D eigenvalue weighted by Crippen LogP contribution is -2.53. The first kappa shape index (κ1) is 28.0. The number of hydrogen-bond acceptors (Lipinski definition) is 7. The summed E-state index contributed by atoms with van der Waals surface area (Å²) in [7, 11) is -4.25. The number of hydrogen-bond donors (Lipinski definition) is 1. The number of imidazole rings is 1. The van der Waals surface area contributed by atoms with Gasteiger partial charge in [0.05, 0.1) is 12.4 Å². The highest BCUT2D eigenvalue weighted by Gasteiger charge is 2.54. The molecule has 8 nitrogen and oxygen atoms in total. The van der Waals surface area contributed by atoms with Crippen molar-refractivity contribution in [3.63, 3.8) is 0 Å². The predicted molar refractivity (Wildman–Crippen MR) is 151 cm³/mol. The van der Waals surface area contributed by atoms with E-state index in [0.29, 0.717) is 20.8 Å². The van der Waals surface area contributed by atoms with Gasteiger partial charge in [0, 0.05) is 22.6 Å². The summed E-state index contributed by atoms with van der Waals surface area (Å²) in [6.07, 6.45) is 1.61. The van der Waals surface area contributed by atoms with Gasteiger partial charge in [-0.05, 0) is 42.7 Å². The molecule has 0 spiro atoms. The van der Waals surface area contributed by atoms with E-state index in [1.54, 1.807) is 6.33 Å². The quantitative estimate of drug-likeness (QED) is 0.237. The van der Waals surface area contributed by atoms with Crippen LogP contribution in [0.2, 0.25) is 36.3 Å². The van der Waals surface area contributed by atoms with Crippen LogP contribution in [0.1, 0.15) is 61.1 Å². The van der Waals surface area contributed by atoms with Crippen LogP contribution in [0.5, 0.6) is 0 Å². The Morgan fingerprint density at radius 1 is 1.00 bits per heavy atom. The van der Waals surface area contributed by atoms with Gasteiger partial charge in [0.1, 0.15) is 17.7 Å². The van der Waals surface area contributed by atoms with Crippen LogP contribution in [0.4, 0.5) is 5.82 Å². The third-order valence-electron chi connectivity index (χ3n) is 7.86. The van der Waals surface area contributed by atoms with Crippen LogP contribution < -0.4 is 5.73 Å². The maximum Gasteiger partial charge on any atom is 0.194 e. The minimum absolute atomic E-state index is 0.0440. The normalized spacial score (nSPS) is 24.8. The van der Waals surface area contributed by atoms with Gasteiger partial charge in [-0.15, -0.1) is 0 Å². The lowest BCUT2D eigenvalue weighted by atomic mass is 10.1. The summed E-state index contributed by atoms with van der Waals surface area (Å²) in [5.41, 5.74) is 7.40. The number of halogens is 1. The van der Waals surface area contributed by atoms with E-state index < -0.39 is 22.9 Å². The van der Waals surface area contributed by atoms with E-state index in [1.807, 2.05) is 4.57 Å². The summed E-state index contributed by atoms with van der Waals surface area (Å²) in [6, 6.07) is 0. The number of rotatable bonds is 6. The van der Waals surface area contributed by atoms with Crippen LogP contribution in [0, 0.1) is 3.83 Å². The van der Waals surface area contributed by atoms with E-state index in [1.165, 1.54) is 0 Å².